The summed E-state index contributed by atoms with van der Waals surface area (Å²) in [5.74, 6) is 1.31. The van der Waals surface area contributed by atoms with Crippen molar-refractivity contribution in [2.24, 2.45) is 4.99 Å². The number of guanidine groups is 1. The number of ether oxygens (including phenoxy) is 5. The fourth-order valence-corrected chi connectivity index (χ4v) is 5.63. The molecule has 4 aromatic rings. The zero-order valence-electron chi connectivity index (χ0n) is 31.9. The van der Waals surface area contributed by atoms with E-state index in [4.69, 9.17) is 28.7 Å². The van der Waals surface area contributed by atoms with E-state index in [2.05, 4.69) is 67.8 Å². The second-order valence-corrected chi connectivity index (χ2v) is 15.1. The van der Waals surface area contributed by atoms with Crippen LogP contribution in [0.2, 0.25) is 0 Å². The molecule has 0 aliphatic heterocycles. The van der Waals surface area contributed by atoms with Gasteiger partial charge in [0.05, 0.1) is 27.9 Å². The van der Waals surface area contributed by atoms with Crippen LogP contribution in [0.3, 0.4) is 0 Å². The van der Waals surface area contributed by atoms with Crippen molar-refractivity contribution >= 4 is 28.9 Å². The van der Waals surface area contributed by atoms with E-state index >= 15 is 0 Å². The van der Waals surface area contributed by atoms with Crippen molar-refractivity contribution in [1.29, 1.82) is 0 Å². The van der Waals surface area contributed by atoms with Crippen molar-refractivity contribution in [3.05, 3.63) is 77.9 Å². The molecule has 0 bridgehead atoms. The van der Waals surface area contributed by atoms with Gasteiger partial charge < -0.3 is 23.7 Å². The van der Waals surface area contributed by atoms with Gasteiger partial charge in [0.15, 0.2) is 11.5 Å². The minimum atomic E-state index is -0.782. The molecule has 0 atom stereocenters. The second-order valence-electron chi connectivity index (χ2n) is 15.1. The van der Waals surface area contributed by atoms with Crippen LogP contribution in [-0.2, 0) is 21.4 Å². The Balaban J connectivity index is 1.95. The van der Waals surface area contributed by atoms with Crippen LogP contribution in [0.15, 0.2) is 71.7 Å². The number of fused-ring (bicyclic) bond motifs is 1. The van der Waals surface area contributed by atoms with Gasteiger partial charge in [-0.15, -0.1) is 0 Å². The Morgan fingerprint density at radius 2 is 1.18 bits per heavy atom. The molecule has 10 heteroatoms. The lowest BCUT2D eigenvalue weighted by atomic mass is 9.85. The quantitative estimate of drug-likeness (QED) is 0.146. The first kappa shape index (κ1) is 38.6. The number of rotatable bonds is 7. The van der Waals surface area contributed by atoms with E-state index in [1.54, 1.807) is 62.9 Å². The van der Waals surface area contributed by atoms with Crippen LogP contribution in [0.1, 0.15) is 73.4 Å². The maximum atomic E-state index is 12.9. The van der Waals surface area contributed by atoms with Gasteiger partial charge in [-0.3, -0.25) is 10.6 Å². The Morgan fingerprint density at radius 1 is 0.608 bits per heavy atom. The largest absolute Gasteiger partial charge is 0.493 e. The first-order valence-electron chi connectivity index (χ1n) is 16.8. The summed E-state index contributed by atoms with van der Waals surface area (Å²) in [7, 11) is 4.70. The van der Waals surface area contributed by atoms with Crippen molar-refractivity contribution in [1.82, 2.24) is 10.6 Å². The molecule has 0 heterocycles. The van der Waals surface area contributed by atoms with Crippen molar-refractivity contribution < 1.29 is 33.3 Å². The molecule has 51 heavy (non-hydrogen) atoms. The SMILES string of the molecule is COc1ccc(-c2ccc3c(-c4ccc(C(C)(C)C)cc4)cccc3c2CN=C(NC(=O)OC(C)(C)C)NC(=O)OC(C)(C)C)c(OC)c1OC. The predicted molar refractivity (Wildman–Crippen MR) is 203 cm³/mol. The maximum absolute atomic E-state index is 12.9. The van der Waals surface area contributed by atoms with Gasteiger partial charge >= 0.3 is 12.2 Å². The number of carbonyl (C=O) groups is 2. The monoisotopic (exact) mass is 697 g/mol. The molecule has 0 saturated carbocycles. The zero-order chi connectivity index (χ0) is 37.7. The van der Waals surface area contributed by atoms with E-state index in [1.807, 2.05) is 30.3 Å². The molecule has 0 saturated heterocycles. The number of amides is 2. The van der Waals surface area contributed by atoms with Gasteiger partial charge in [-0.2, -0.15) is 0 Å². The lowest BCUT2D eigenvalue weighted by Crippen LogP contribution is -2.47. The molecular formula is C41H51N3O7. The summed E-state index contributed by atoms with van der Waals surface area (Å²) in [6, 6.07) is 22.6. The number of hydrogen-bond acceptors (Lipinski definition) is 8. The van der Waals surface area contributed by atoms with E-state index in [1.165, 1.54) is 5.56 Å². The number of nitrogens with zero attached hydrogens (tertiary/aromatic N) is 1. The third-order valence-corrected chi connectivity index (χ3v) is 7.86. The van der Waals surface area contributed by atoms with Crippen molar-refractivity contribution in [3.63, 3.8) is 0 Å². The average Bonchev–Trinajstić information content (AvgIpc) is 3.03. The van der Waals surface area contributed by atoms with Crippen LogP contribution in [0.25, 0.3) is 33.0 Å². The van der Waals surface area contributed by atoms with E-state index < -0.39 is 23.4 Å². The number of alkyl carbamates (subject to hydrolysis) is 2. The third-order valence-electron chi connectivity index (χ3n) is 7.86. The molecular weight excluding hydrogens is 646 g/mol. The molecule has 0 aromatic heterocycles. The molecule has 2 amide bonds. The van der Waals surface area contributed by atoms with Gasteiger partial charge in [0, 0.05) is 5.56 Å². The number of methoxy groups -OCH3 is 3. The number of aliphatic imine (C=N–C) groups is 1. The Morgan fingerprint density at radius 3 is 1.69 bits per heavy atom. The molecule has 0 aliphatic rings. The van der Waals surface area contributed by atoms with Crippen LogP contribution in [0.4, 0.5) is 9.59 Å². The molecule has 0 spiro atoms. The highest BCUT2D eigenvalue weighted by Gasteiger charge is 2.24. The van der Waals surface area contributed by atoms with Crippen LogP contribution in [-0.4, -0.2) is 50.7 Å². The Bertz CT molecular complexity index is 1880. The predicted octanol–water partition coefficient (Wildman–Crippen LogP) is 9.40. The summed E-state index contributed by atoms with van der Waals surface area (Å²) >= 11 is 0. The fourth-order valence-electron chi connectivity index (χ4n) is 5.63. The molecule has 2 N–H and O–H groups in total. The minimum absolute atomic E-state index is 0.0220. The maximum Gasteiger partial charge on any atom is 0.414 e. The first-order valence-corrected chi connectivity index (χ1v) is 16.8. The lowest BCUT2D eigenvalue weighted by molar-refractivity contribution is 0.0545. The third kappa shape index (κ3) is 9.72. The highest BCUT2D eigenvalue weighted by Crippen LogP contribution is 2.46. The fraction of sp³-hybridized carbons (Fsp3) is 0.390. The minimum Gasteiger partial charge on any atom is -0.493 e. The van der Waals surface area contributed by atoms with Crippen molar-refractivity contribution in [2.75, 3.05) is 21.3 Å². The van der Waals surface area contributed by atoms with Gasteiger partial charge in [-0.1, -0.05) is 75.4 Å². The van der Waals surface area contributed by atoms with Crippen molar-refractivity contribution in [2.45, 2.75) is 85.5 Å². The number of hydrogen-bond donors (Lipinski definition) is 2. The molecule has 4 rings (SSSR count). The lowest BCUT2D eigenvalue weighted by Gasteiger charge is -2.22. The molecule has 272 valence electrons. The second kappa shape index (κ2) is 15.3. The number of carbonyl (C=O) groups excluding carboxylic acids is 2. The summed E-state index contributed by atoms with van der Waals surface area (Å²) in [5, 5.41) is 7.10. The summed E-state index contributed by atoms with van der Waals surface area (Å²) in [6.07, 6.45) is -1.56. The first-order chi connectivity index (χ1) is 23.8. The molecule has 0 aliphatic carbocycles. The normalized spacial score (nSPS) is 11.8. The number of benzene rings is 4. The van der Waals surface area contributed by atoms with E-state index in [0.717, 1.165) is 38.6 Å². The smallest absolute Gasteiger partial charge is 0.414 e. The van der Waals surface area contributed by atoms with Crippen LogP contribution >= 0.6 is 0 Å². The van der Waals surface area contributed by atoms with Crippen LogP contribution < -0.4 is 24.8 Å². The summed E-state index contributed by atoms with van der Waals surface area (Å²) in [4.78, 5) is 30.5. The van der Waals surface area contributed by atoms with Gasteiger partial charge in [0.2, 0.25) is 11.7 Å². The molecule has 0 unspecified atom stereocenters. The van der Waals surface area contributed by atoms with E-state index in [-0.39, 0.29) is 17.9 Å². The van der Waals surface area contributed by atoms with Gasteiger partial charge in [-0.25, -0.2) is 14.6 Å². The van der Waals surface area contributed by atoms with E-state index in [9.17, 15) is 9.59 Å². The van der Waals surface area contributed by atoms with Crippen LogP contribution in [0, 0.1) is 0 Å². The topological polar surface area (TPSA) is 117 Å². The zero-order valence-corrected chi connectivity index (χ0v) is 31.9. The van der Waals surface area contributed by atoms with Gasteiger partial charge in [-0.05, 0) is 97.7 Å². The summed E-state index contributed by atoms with van der Waals surface area (Å²) in [6.45, 7) is 17.1. The van der Waals surface area contributed by atoms with Gasteiger partial charge in [0.25, 0.3) is 0 Å². The standard InChI is InChI=1S/C41H51N3O7/c1-39(2,3)26-18-16-25(17-19-26)27-14-13-15-28-29(27)20-21-30(31-22-23-33(47-10)35(49-12)34(31)48-11)32(28)24-42-36(43-37(45)50-40(4,5)6)44-38(46)51-41(7,8)9/h13-23H,24H2,1-12H3,(H2,42,43,44,45,46). The Hall–Kier alpha value is -5.25. The van der Waals surface area contributed by atoms with Crippen molar-refractivity contribution in [3.8, 4) is 39.5 Å². The highest BCUT2D eigenvalue weighted by atomic mass is 16.6. The molecule has 0 fully saturated rings. The molecule has 10 nitrogen and oxygen atoms in total. The molecule has 4 aromatic carbocycles. The number of nitrogens with one attached hydrogen (secondary N) is 2. The van der Waals surface area contributed by atoms with Crippen LogP contribution in [0.5, 0.6) is 17.2 Å². The molecule has 0 radical (unpaired) electrons. The Labute approximate surface area is 301 Å². The van der Waals surface area contributed by atoms with Gasteiger partial charge in [0.1, 0.15) is 11.2 Å². The highest BCUT2D eigenvalue weighted by molar-refractivity contribution is 6.03. The summed E-state index contributed by atoms with van der Waals surface area (Å²) in [5.41, 5.74) is 4.16. The van der Waals surface area contributed by atoms with E-state index in [0.29, 0.717) is 17.2 Å². The Kier molecular flexibility index (Phi) is 11.6. The summed E-state index contributed by atoms with van der Waals surface area (Å²) < 4.78 is 28.1. The average molecular weight is 698 g/mol.